The van der Waals surface area contributed by atoms with Crippen LogP contribution in [0.4, 0.5) is 5.69 Å². The Morgan fingerprint density at radius 3 is 2.67 bits per heavy atom. The Morgan fingerprint density at radius 2 is 1.96 bits per heavy atom. The first-order valence-electron chi connectivity index (χ1n) is 9.50. The molecule has 1 aliphatic rings. The monoisotopic (exact) mass is 369 g/mol. The van der Waals surface area contributed by atoms with Gasteiger partial charge in [-0.3, -0.25) is 14.5 Å². The van der Waals surface area contributed by atoms with Gasteiger partial charge in [-0.25, -0.2) is 5.10 Å². The maximum Gasteiger partial charge on any atom is 0.271 e. The summed E-state index contributed by atoms with van der Waals surface area (Å²) in [6.45, 7) is 8.04. The SMILES string of the molecule is Cc1cccc(N2CCN(CCCCNC(=O)c3ccc(=O)[nH]n3)CC2)c1. The summed E-state index contributed by atoms with van der Waals surface area (Å²) in [6, 6.07) is 11.4. The van der Waals surface area contributed by atoms with E-state index in [1.54, 1.807) is 0 Å². The highest BCUT2D eigenvalue weighted by Gasteiger charge is 2.16. The Hall–Kier alpha value is -2.67. The molecule has 3 rings (SSSR count). The smallest absolute Gasteiger partial charge is 0.271 e. The summed E-state index contributed by atoms with van der Waals surface area (Å²) in [5.41, 5.74) is 2.54. The number of nitrogens with zero attached hydrogens (tertiary/aromatic N) is 3. The van der Waals surface area contributed by atoms with E-state index in [-0.39, 0.29) is 17.2 Å². The molecule has 1 fully saturated rings. The van der Waals surface area contributed by atoms with E-state index in [0.717, 1.165) is 45.6 Å². The molecule has 144 valence electrons. The number of aryl methyl sites for hydroxylation is 1. The Morgan fingerprint density at radius 1 is 1.15 bits per heavy atom. The zero-order chi connectivity index (χ0) is 19.1. The van der Waals surface area contributed by atoms with Gasteiger partial charge in [-0.05, 0) is 50.1 Å². The molecule has 0 spiro atoms. The number of unbranched alkanes of at least 4 members (excludes halogenated alkanes) is 1. The molecule has 1 aliphatic heterocycles. The van der Waals surface area contributed by atoms with Crippen molar-refractivity contribution in [1.82, 2.24) is 20.4 Å². The lowest BCUT2D eigenvalue weighted by Crippen LogP contribution is -2.46. The van der Waals surface area contributed by atoms with Gasteiger partial charge in [0.2, 0.25) is 0 Å². The number of hydrogen-bond acceptors (Lipinski definition) is 5. The van der Waals surface area contributed by atoms with Crippen molar-refractivity contribution >= 4 is 11.6 Å². The number of carbonyl (C=O) groups excluding carboxylic acids is 1. The van der Waals surface area contributed by atoms with Gasteiger partial charge in [-0.1, -0.05) is 12.1 Å². The fourth-order valence-electron chi connectivity index (χ4n) is 3.28. The van der Waals surface area contributed by atoms with Gasteiger partial charge in [-0.2, -0.15) is 5.10 Å². The van der Waals surface area contributed by atoms with Crippen molar-refractivity contribution in [3.63, 3.8) is 0 Å². The maximum absolute atomic E-state index is 11.9. The predicted octanol–water partition coefficient (Wildman–Crippen LogP) is 1.41. The fourth-order valence-corrected chi connectivity index (χ4v) is 3.28. The van der Waals surface area contributed by atoms with Crippen LogP contribution in [-0.2, 0) is 0 Å². The third-order valence-corrected chi connectivity index (χ3v) is 4.84. The minimum Gasteiger partial charge on any atom is -0.369 e. The van der Waals surface area contributed by atoms with Crippen LogP contribution < -0.4 is 15.8 Å². The first kappa shape index (κ1) is 19.1. The topological polar surface area (TPSA) is 81.3 Å². The third-order valence-electron chi connectivity index (χ3n) is 4.84. The fraction of sp³-hybridized carbons (Fsp3) is 0.450. The van der Waals surface area contributed by atoms with Crippen LogP contribution in [0.2, 0.25) is 0 Å². The number of aromatic amines is 1. The molecule has 27 heavy (non-hydrogen) atoms. The number of aromatic nitrogens is 2. The van der Waals surface area contributed by atoms with Crippen molar-refractivity contribution in [2.45, 2.75) is 19.8 Å². The standard InChI is InChI=1S/C20H27N5O2/c1-16-5-4-6-17(15-16)25-13-11-24(12-14-25)10-3-2-9-21-20(27)18-7-8-19(26)23-22-18/h4-8,15H,2-3,9-14H2,1H3,(H,21,27)(H,23,26). The van der Waals surface area contributed by atoms with Crippen LogP contribution >= 0.6 is 0 Å². The van der Waals surface area contributed by atoms with Gasteiger partial charge >= 0.3 is 0 Å². The minimum atomic E-state index is -0.311. The minimum absolute atomic E-state index is 0.238. The number of anilines is 1. The number of H-pyrrole nitrogens is 1. The lowest BCUT2D eigenvalue weighted by molar-refractivity contribution is 0.0946. The molecule has 1 aromatic heterocycles. The molecule has 0 bridgehead atoms. The lowest BCUT2D eigenvalue weighted by atomic mass is 10.2. The van der Waals surface area contributed by atoms with Gasteiger partial charge < -0.3 is 10.2 Å². The quantitative estimate of drug-likeness (QED) is 0.721. The Kier molecular flexibility index (Phi) is 6.59. The number of carbonyl (C=O) groups is 1. The largest absolute Gasteiger partial charge is 0.369 e. The van der Waals surface area contributed by atoms with Gasteiger partial charge in [0.25, 0.3) is 11.5 Å². The third kappa shape index (κ3) is 5.65. The molecule has 2 heterocycles. The van der Waals surface area contributed by atoms with Crippen LogP contribution in [0, 0.1) is 6.92 Å². The molecule has 1 amide bonds. The van der Waals surface area contributed by atoms with Crippen molar-refractivity contribution < 1.29 is 4.79 Å². The summed E-state index contributed by atoms with van der Waals surface area (Å²) in [7, 11) is 0. The molecule has 2 N–H and O–H groups in total. The van der Waals surface area contributed by atoms with Crippen molar-refractivity contribution in [2.75, 3.05) is 44.2 Å². The zero-order valence-electron chi connectivity index (χ0n) is 15.8. The summed E-state index contributed by atoms with van der Waals surface area (Å²) < 4.78 is 0. The number of benzene rings is 1. The highest BCUT2D eigenvalue weighted by molar-refractivity contribution is 5.91. The van der Waals surface area contributed by atoms with Gasteiger partial charge in [-0.15, -0.1) is 0 Å². The number of hydrogen-bond donors (Lipinski definition) is 2. The van der Waals surface area contributed by atoms with Crippen LogP contribution in [0.15, 0.2) is 41.2 Å². The van der Waals surface area contributed by atoms with Crippen LogP contribution in [0.25, 0.3) is 0 Å². The van der Waals surface area contributed by atoms with Crippen LogP contribution in [-0.4, -0.2) is 60.3 Å². The van der Waals surface area contributed by atoms with Crippen LogP contribution in [0.1, 0.15) is 28.9 Å². The molecule has 0 unspecified atom stereocenters. The van der Waals surface area contributed by atoms with E-state index in [1.807, 2.05) is 0 Å². The second-order valence-electron chi connectivity index (χ2n) is 6.94. The number of amides is 1. The molecule has 7 nitrogen and oxygen atoms in total. The van der Waals surface area contributed by atoms with Gasteiger partial charge in [0.15, 0.2) is 0 Å². The van der Waals surface area contributed by atoms with Crippen LogP contribution in [0.3, 0.4) is 0 Å². The highest BCUT2D eigenvalue weighted by Crippen LogP contribution is 2.17. The van der Waals surface area contributed by atoms with Crippen molar-refractivity contribution in [3.05, 3.63) is 58.0 Å². The number of nitrogens with one attached hydrogen (secondary N) is 2. The summed E-state index contributed by atoms with van der Waals surface area (Å²) in [4.78, 5) is 27.8. The first-order valence-corrected chi connectivity index (χ1v) is 9.50. The van der Waals surface area contributed by atoms with E-state index in [0.29, 0.717) is 6.54 Å². The van der Waals surface area contributed by atoms with E-state index >= 15 is 0 Å². The van der Waals surface area contributed by atoms with Crippen LogP contribution in [0.5, 0.6) is 0 Å². The Labute approximate surface area is 159 Å². The summed E-state index contributed by atoms with van der Waals surface area (Å²) in [6.07, 6.45) is 1.97. The van der Waals surface area contributed by atoms with E-state index in [1.165, 1.54) is 23.4 Å². The second-order valence-corrected chi connectivity index (χ2v) is 6.94. The normalized spacial score (nSPS) is 14.9. The number of piperazine rings is 1. The molecular weight excluding hydrogens is 342 g/mol. The molecule has 0 aliphatic carbocycles. The van der Waals surface area contributed by atoms with E-state index < -0.39 is 0 Å². The van der Waals surface area contributed by atoms with Crippen molar-refractivity contribution in [3.8, 4) is 0 Å². The molecule has 1 aromatic carbocycles. The van der Waals surface area contributed by atoms with Gasteiger partial charge in [0, 0.05) is 44.5 Å². The van der Waals surface area contributed by atoms with E-state index in [4.69, 9.17) is 0 Å². The maximum atomic E-state index is 11.9. The average molecular weight is 369 g/mol. The molecule has 2 aromatic rings. The summed E-state index contributed by atoms with van der Waals surface area (Å²) >= 11 is 0. The average Bonchev–Trinajstić information content (AvgIpc) is 2.68. The molecule has 7 heteroatoms. The van der Waals surface area contributed by atoms with E-state index in [9.17, 15) is 9.59 Å². The molecule has 0 radical (unpaired) electrons. The highest BCUT2D eigenvalue weighted by atomic mass is 16.2. The zero-order valence-corrected chi connectivity index (χ0v) is 15.8. The Balaban J connectivity index is 1.31. The lowest BCUT2D eigenvalue weighted by Gasteiger charge is -2.36. The predicted molar refractivity (Wildman–Crippen MR) is 106 cm³/mol. The second kappa shape index (κ2) is 9.32. The molecule has 0 atom stereocenters. The summed E-state index contributed by atoms with van der Waals surface area (Å²) in [5.74, 6) is -0.252. The Bertz CT molecular complexity index is 792. The molecule has 0 saturated carbocycles. The molecule has 1 saturated heterocycles. The van der Waals surface area contributed by atoms with Gasteiger partial charge in [0.1, 0.15) is 5.69 Å². The van der Waals surface area contributed by atoms with Crippen molar-refractivity contribution in [2.24, 2.45) is 0 Å². The first-order chi connectivity index (χ1) is 13.1. The summed E-state index contributed by atoms with van der Waals surface area (Å²) in [5, 5.41) is 8.83. The number of rotatable bonds is 7. The van der Waals surface area contributed by atoms with Crippen molar-refractivity contribution in [1.29, 1.82) is 0 Å². The van der Waals surface area contributed by atoms with Gasteiger partial charge in [0.05, 0.1) is 0 Å². The molecular formula is C20H27N5O2. The van der Waals surface area contributed by atoms with E-state index in [2.05, 4.69) is 56.5 Å².